The third-order valence-corrected chi connectivity index (χ3v) is 6.88. The number of hydrogen-bond acceptors (Lipinski definition) is 5. The van der Waals surface area contributed by atoms with Gasteiger partial charge in [-0.2, -0.15) is 0 Å². The zero-order valence-electron chi connectivity index (χ0n) is 19.9. The Kier molecular flexibility index (Phi) is 9.67. The number of anilines is 1. The number of nitrogens with one attached hydrogen (secondary N) is 2. The first-order chi connectivity index (χ1) is 15.8. The van der Waals surface area contributed by atoms with Crippen molar-refractivity contribution in [1.29, 1.82) is 10.8 Å². The van der Waals surface area contributed by atoms with Crippen LogP contribution in [0.15, 0.2) is 72.4 Å². The molecular formula is C27H31CoN3O2S. The quantitative estimate of drug-likeness (QED) is 0.256. The summed E-state index contributed by atoms with van der Waals surface area (Å²) in [6.45, 7) is 7.24. The van der Waals surface area contributed by atoms with Crippen molar-refractivity contribution in [3.63, 3.8) is 0 Å². The molecule has 0 bridgehead atoms. The molecule has 1 unspecified atom stereocenters. The first-order valence-electron chi connectivity index (χ1n) is 10.9. The zero-order chi connectivity index (χ0) is 24.0. The molecule has 1 aromatic heterocycles. The summed E-state index contributed by atoms with van der Waals surface area (Å²) in [5.74, 6) is 0.535. The van der Waals surface area contributed by atoms with Crippen LogP contribution in [0.3, 0.4) is 0 Å². The number of nitrogens with zero attached hydrogens (tertiary/aromatic N) is 1. The summed E-state index contributed by atoms with van der Waals surface area (Å²) in [6, 6.07) is 20.4. The summed E-state index contributed by atoms with van der Waals surface area (Å²) < 4.78 is 5.46. The van der Waals surface area contributed by atoms with Crippen LogP contribution in [-0.4, -0.2) is 30.9 Å². The molecule has 1 aliphatic rings. The molecule has 2 heterocycles. The summed E-state index contributed by atoms with van der Waals surface area (Å²) in [5.41, 5.74) is 4.76. The number of aliphatic hydroxyl groups excluding tert-OH is 1. The first kappa shape index (κ1) is 27.4. The normalized spacial score (nSPS) is 17.3. The Morgan fingerprint density at radius 2 is 1.85 bits per heavy atom. The second kappa shape index (κ2) is 12.0. The van der Waals surface area contributed by atoms with Crippen LogP contribution in [0.1, 0.15) is 34.7 Å². The molecule has 0 fully saturated rings. The number of benzene rings is 2. The van der Waals surface area contributed by atoms with Gasteiger partial charge in [-0.3, -0.25) is 5.41 Å². The third kappa shape index (κ3) is 5.78. The molecule has 3 N–H and O–H groups in total. The Balaban J connectivity index is 0.000000345. The summed E-state index contributed by atoms with van der Waals surface area (Å²) in [4.78, 5) is 4.05. The number of methoxy groups -OCH3 is 1. The van der Waals surface area contributed by atoms with Crippen LogP contribution < -0.4 is 9.64 Å². The molecule has 0 saturated heterocycles. The summed E-state index contributed by atoms with van der Waals surface area (Å²) in [5, 5.41) is 23.1. The van der Waals surface area contributed by atoms with E-state index in [0.29, 0.717) is 4.88 Å². The number of thiophene rings is 1. The molecule has 5 nitrogen and oxygen atoms in total. The van der Waals surface area contributed by atoms with Gasteiger partial charge in [0.1, 0.15) is 5.75 Å². The van der Waals surface area contributed by atoms with Crippen molar-refractivity contribution in [3.05, 3.63) is 93.3 Å². The van der Waals surface area contributed by atoms with Gasteiger partial charge in [-0.25, -0.2) is 0 Å². The summed E-state index contributed by atoms with van der Waals surface area (Å²) in [6.07, 6.45) is 4.22. The van der Waals surface area contributed by atoms with Gasteiger partial charge in [0.2, 0.25) is 5.90 Å². The maximum absolute atomic E-state index is 8.63. The van der Waals surface area contributed by atoms with E-state index in [0.717, 1.165) is 23.6 Å². The smallest absolute Gasteiger partial charge is 0.221 e. The van der Waals surface area contributed by atoms with E-state index in [2.05, 4.69) is 55.1 Å². The molecule has 1 aliphatic heterocycles. The average Bonchev–Trinajstić information content (AvgIpc) is 3.35. The zero-order valence-corrected chi connectivity index (χ0v) is 21.7. The number of likely N-dealkylation sites (N-methyl/N-ethyl adjacent to an activating group) is 1. The molecule has 181 valence electrons. The SMILES string of the molecule is CCN1/C(=C\C=N)C(C)(Cc2ccccc2)c2cc(OC)ccc21.Cc1ccc(C(=N)O)s1.[Co]. The molecule has 0 amide bonds. The molecule has 2 aromatic carbocycles. The van der Waals surface area contributed by atoms with Crippen LogP contribution in [0.5, 0.6) is 5.75 Å². The van der Waals surface area contributed by atoms with E-state index in [1.54, 1.807) is 13.2 Å². The van der Waals surface area contributed by atoms with Crippen molar-refractivity contribution < 1.29 is 26.6 Å². The van der Waals surface area contributed by atoms with Crippen LogP contribution in [0, 0.1) is 17.7 Å². The fourth-order valence-electron chi connectivity index (χ4n) is 4.33. The van der Waals surface area contributed by atoms with Gasteiger partial charge in [-0.1, -0.05) is 30.3 Å². The molecule has 3 aromatic rings. The third-order valence-electron chi connectivity index (χ3n) is 5.88. The van der Waals surface area contributed by atoms with Gasteiger partial charge in [-0.05, 0) is 74.7 Å². The second-order valence-corrected chi connectivity index (χ2v) is 9.39. The topological polar surface area (TPSA) is 80.4 Å². The van der Waals surface area contributed by atoms with Crippen LogP contribution in [0.25, 0.3) is 0 Å². The molecule has 0 saturated carbocycles. The minimum Gasteiger partial charge on any atom is -0.497 e. The van der Waals surface area contributed by atoms with Crippen LogP contribution >= 0.6 is 11.3 Å². The number of rotatable bonds is 6. The first-order valence-corrected chi connectivity index (χ1v) is 11.7. The Bertz CT molecular complexity index is 1160. The van der Waals surface area contributed by atoms with Gasteiger partial charge in [0, 0.05) is 51.2 Å². The van der Waals surface area contributed by atoms with E-state index in [-0.39, 0.29) is 28.1 Å². The van der Waals surface area contributed by atoms with Gasteiger partial charge in [0.25, 0.3) is 0 Å². The van der Waals surface area contributed by atoms with E-state index in [9.17, 15) is 0 Å². The minimum absolute atomic E-state index is 0. The number of fused-ring (bicyclic) bond motifs is 1. The Labute approximate surface area is 216 Å². The van der Waals surface area contributed by atoms with E-state index in [1.807, 2.05) is 31.2 Å². The fourth-order valence-corrected chi connectivity index (χ4v) is 5.05. The number of hydrogen-bond donors (Lipinski definition) is 3. The van der Waals surface area contributed by atoms with E-state index in [4.69, 9.17) is 20.7 Å². The Morgan fingerprint density at radius 1 is 1.15 bits per heavy atom. The number of aryl methyl sites for hydroxylation is 1. The minimum atomic E-state index is -0.340. The Morgan fingerprint density at radius 3 is 2.35 bits per heavy atom. The molecule has 34 heavy (non-hydrogen) atoms. The van der Waals surface area contributed by atoms with Gasteiger partial charge in [0.05, 0.1) is 12.0 Å². The van der Waals surface area contributed by atoms with Crippen molar-refractivity contribution in [1.82, 2.24) is 0 Å². The van der Waals surface area contributed by atoms with Crippen molar-refractivity contribution >= 4 is 29.1 Å². The van der Waals surface area contributed by atoms with Crippen LogP contribution in [-0.2, 0) is 28.6 Å². The predicted octanol–water partition coefficient (Wildman–Crippen LogP) is 6.51. The molecule has 0 spiro atoms. The van der Waals surface area contributed by atoms with E-state index in [1.165, 1.54) is 40.1 Å². The fraction of sp³-hybridized carbons (Fsp3) is 0.259. The monoisotopic (exact) mass is 520 g/mol. The standard InChI is InChI=1S/C21H24N2O.C6H7NOS.Co/c1-4-23-19-11-10-17(24-3)14-18(19)21(2,20(23)12-13-22)15-16-8-6-5-7-9-16;1-4-2-3-5(9-4)6(7)8;/h5-14,22H,4,15H2,1-3H3;2-3H,1H3,(H2,7,8);/b20-12-,22-13?;;. The molecule has 1 atom stereocenters. The number of allylic oxidation sites excluding steroid dienone is 2. The molecule has 7 heteroatoms. The summed E-state index contributed by atoms with van der Waals surface area (Å²) >= 11 is 1.42. The van der Waals surface area contributed by atoms with Crippen molar-refractivity contribution in [2.45, 2.75) is 32.6 Å². The number of aliphatic hydroxyl groups is 1. The Hall–Kier alpha value is -2.87. The van der Waals surface area contributed by atoms with E-state index < -0.39 is 0 Å². The predicted molar refractivity (Wildman–Crippen MR) is 139 cm³/mol. The second-order valence-electron chi connectivity index (χ2n) is 8.10. The van der Waals surface area contributed by atoms with Gasteiger partial charge < -0.3 is 20.2 Å². The van der Waals surface area contributed by atoms with Gasteiger partial charge in [0.15, 0.2) is 0 Å². The van der Waals surface area contributed by atoms with Crippen LogP contribution in [0.2, 0.25) is 0 Å². The molecule has 1 radical (unpaired) electrons. The molecule has 0 aliphatic carbocycles. The van der Waals surface area contributed by atoms with Crippen molar-refractivity contribution in [2.75, 3.05) is 18.6 Å². The van der Waals surface area contributed by atoms with Crippen molar-refractivity contribution in [2.24, 2.45) is 0 Å². The van der Waals surface area contributed by atoms with Gasteiger partial charge in [-0.15, -0.1) is 11.3 Å². The molecule has 4 rings (SSSR count). The number of ether oxygens (including phenoxy) is 1. The van der Waals surface area contributed by atoms with Crippen LogP contribution in [0.4, 0.5) is 5.69 Å². The van der Waals surface area contributed by atoms with E-state index >= 15 is 0 Å². The summed E-state index contributed by atoms with van der Waals surface area (Å²) in [7, 11) is 1.71. The van der Waals surface area contributed by atoms with Crippen molar-refractivity contribution in [3.8, 4) is 5.75 Å². The maximum Gasteiger partial charge on any atom is 0.221 e. The maximum atomic E-state index is 8.63. The largest absolute Gasteiger partial charge is 0.497 e. The van der Waals surface area contributed by atoms with Gasteiger partial charge >= 0.3 is 0 Å². The molecular weight excluding hydrogens is 489 g/mol. The average molecular weight is 521 g/mol.